The average molecular weight is 321 g/mol. The number of pyridine rings is 1. The van der Waals surface area contributed by atoms with Crippen molar-refractivity contribution in [3.05, 3.63) is 52.5 Å². The van der Waals surface area contributed by atoms with Crippen molar-refractivity contribution in [2.24, 2.45) is 4.99 Å². The molecule has 3 aromatic rings. The largest absolute Gasteiger partial charge is 0.384 e. The molecule has 0 bridgehead atoms. The smallest absolute Gasteiger partial charge is 0.126 e. The van der Waals surface area contributed by atoms with Gasteiger partial charge in [0.1, 0.15) is 5.82 Å². The Kier molecular flexibility index (Phi) is 3.51. The normalized spacial score (nSPS) is 13.5. The lowest BCUT2D eigenvalue weighted by Crippen LogP contribution is -2.01. The molecule has 1 aliphatic rings. The van der Waals surface area contributed by atoms with E-state index in [-0.39, 0.29) is 0 Å². The van der Waals surface area contributed by atoms with E-state index in [2.05, 4.69) is 38.5 Å². The van der Waals surface area contributed by atoms with Gasteiger partial charge in [-0.05, 0) is 23.3 Å². The summed E-state index contributed by atoms with van der Waals surface area (Å²) in [5.41, 5.74) is 12.0. The number of nitrogens with two attached hydrogens (primary N) is 1. The molecule has 3 heterocycles. The first-order valence-corrected chi connectivity index (χ1v) is 8.18. The van der Waals surface area contributed by atoms with E-state index in [1.807, 2.05) is 30.1 Å². The first-order chi connectivity index (χ1) is 11.3. The Morgan fingerprint density at radius 2 is 2.22 bits per heavy atom. The van der Waals surface area contributed by atoms with Crippen molar-refractivity contribution in [2.75, 3.05) is 17.6 Å². The molecule has 4 rings (SSSR count). The summed E-state index contributed by atoms with van der Waals surface area (Å²) in [6.07, 6.45) is 5.75. The van der Waals surface area contributed by atoms with Gasteiger partial charge in [-0.3, -0.25) is 9.98 Å². The summed E-state index contributed by atoms with van der Waals surface area (Å²) in [4.78, 5) is 14.0. The average Bonchev–Trinajstić information content (AvgIpc) is 3.25. The fourth-order valence-corrected chi connectivity index (χ4v) is 3.17. The van der Waals surface area contributed by atoms with Gasteiger partial charge in [-0.1, -0.05) is 12.1 Å². The van der Waals surface area contributed by atoms with Crippen molar-refractivity contribution in [2.45, 2.75) is 6.54 Å². The molecule has 3 N–H and O–H groups in total. The lowest BCUT2D eigenvalue weighted by Gasteiger charge is -2.11. The molecule has 0 amide bonds. The molecule has 23 heavy (non-hydrogen) atoms. The topological polar surface area (TPSA) is 76.2 Å². The van der Waals surface area contributed by atoms with Crippen LogP contribution in [0.25, 0.3) is 16.5 Å². The van der Waals surface area contributed by atoms with Gasteiger partial charge >= 0.3 is 0 Å². The first kappa shape index (κ1) is 13.9. The second kappa shape index (κ2) is 5.81. The van der Waals surface area contributed by atoms with E-state index >= 15 is 0 Å². The third-order valence-electron chi connectivity index (χ3n) is 3.78. The van der Waals surface area contributed by atoms with Crippen LogP contribution in [0.5, 0.6) is 0 Å². The van der Waals surface area contributed by atoms with Crippen molar-refractivity contribution < 1.29 is 0 Å². The van der Waals surface area contributed by atoms with E-state index in [4.69, 9.17) is 5.73 Å². The molecular weight excluding hydrogens is 306 g/mol. The maximum absolute atomic E-state index is 5.98. The zero-order chi connectivity index (χ0) is 15.6. The molecule has 0 saturated heterocycles. The number of rotatable bonds is 4. The zero-order valence-corrected chi connectivity index (χ0v) is 13.2. The fourth-order valence-electron chi connectivity index (χ4n) is 2.64. The molecule has 2 aromatic heterocycles. The SMILES string of the molecule is Nc1cc(NCc2cncs2)c2ccc(C3=CC=NC3)cc2n1. The molecule has 0 unspecified atom stereocenters. The lowest BCUT2D eigenvalue weighted by atomic mass is 10.0. The highest BCUT2D eigenvalue weighted by Crippen LogP contribution is 2.28. The molecule has 6 heteroatoms. The number of aromatic nitrogens is 2. The summed E-state index contributed by atoms with van der Waals surface area (Å²) >= 11 is 1.63. The number of nitrogens with zero attached hydrogens (tertiary/aromatic N) is 3. The minimum atomic E-state index is 0.512. The van der Waals surface area contributed by atoms with Gasteiger partial charge in [0.2, 0.25) is 0 Å². The van der Waals surface area contributed by atoms with Crippen LogP contribution >= 0.6 is 11.3 Å². The highest BCUT2D eigenvalue weighted by molar-refractivity contribution is 7.09. The first-order valence-electron chi connectivity index (χ1n) is 7.30. The van der Waals surface area contributed by atoms with Crippen LogP contribution < -0.4 is 11.1 Å². The van der Waals surface area contributed by atoms with Crippen LogP contribution in [-0.4, -0.2) is 22.7 Å². The van der Waals surface area contributed by atoms with Gasteiger partial charge in [0, 0.05) is 34.4 Å². The summed E-state index contributed by atoms with van der Waals surface area (Å²) in [7, 11) is 0. The van der Waals surface area contributed by atoms with E-state index in [0.717, 1.165) is 35.2 Å². The molecule has 0 aliphatic carbocycles. The molecule has 0 spiro atoms. The van der Waals surface area contributed by atoms with Gasteiger partial charge in [-0.15, -0.1) is 11.3 Å². The van der Waals surface area contributed by atoms with Crippen LogP contribution in [0.2, 0.25) is 0 Å². The number of allylic oxidation sites excluding steroid dienone is 1. The highest BCUT2D eigenvalue weighted by atomic mass is 32.1. The fraction of sp³-hybridized carbons (Fsp3) is 0.118. The van der Waals surface area contributed by atoms with Crippen LogP contribution in [-0.2, 0) is 6.54 Å². The minimum absolute atomic E-state index is 0.512. The summed E-state index contributed by atoms with van der Waals surface area (Å²) in [6, 6.07) is 8.15. The van der Waals surface area contributed by atoms with Crippen molar-refractivity contribution in [1.82, 2.24) is 9.97 Å². The van der Waals surface area contributed by atoms with Crippen molar-refractivity contribution in [3.8, 4) is 0 Å². The van der Waals surface area contributed by atoms with E-state index < -0.39 is 0 Å². The minimum Gasteiger partial charge on any atom is -0.384 e. The Balaban J connectivity index is 1.70. The Hall–Kier alpha value is -2.73. The Labute approximate surface area is 137 Å². The molecule has 1 aromatic carbocycles. The van der Waals surface area contributed by atoms with Crippen molar-refractivity contribution in [3.63, 3.8) is 0 Å². The molecule has 5 nitrogen and oxygen atoms in total. The molecule has 114 valence electrons. The molecule has 0 radical (unpaired) electrons. The highest BCUT2D eigenvalue weighted by Gasteiger charge is 2.09. The van der Waals surface area contributed by atoms with Crippen molar-refractivity contribution >= 4 is 45.5 Å². The summed E-state index contributed by atoms with van der Waals surface area (Å²) < 4.78 is 0. The zero-order valence-electron chi connectivity index (χ0n) is 12.4. The second-order valence-electron chi connectivity index (χ2n) is 5.33. The predicted octanol–water partition coefficient (Wildman–Crippen LogP) is 3.35. The van der Waals surface area contributed by atoms with E-state index in [0.29, 0.717) is 5.82 Å². The van der Waals surface area contributed by atoms with Gasteiger partial charge in [0.15, 0.2) is 0 Å². The van der Waals surface area contributed by atoms with Crippen molar-refractivity contribution in [1.29, 1.82) is 0 Å². The summed E-state index contributed by atoms with van der Waals surface area (Å²) in [5.74, 6) is 0.512. The van der Waals surface area contributed by atoms with Crippen LogP contribution in [0.15, 0.2) is 47.0 Å². The Morgan fingerprint density at radius 1 is 1.26 bits per heavy atom. The lowest BCUT2D eigenvalue weighted by molar-refractivity contribution is 1.18. The van der Waals surface area contributed by atoms with Gasteiger partial charge < -0.3 is 11.1 Å². The standard InChI is InChI=1S/C17H15N5S/c18-17-6-15(21-9-13-8-20-10-23-13)14-2-1-11(5-16(14)22-17)12-3-4-19-7-12/h1-6,8,10H,7,9H2,(H3,18,21,22). The second-order valence-corrected chi connectivity index (χ2v) is 6.30. The number of thiazole rings is 1. The molecule has 0 atom stereocenters. The van der Waals surface area contributed by atoms with Crippen LogP contribution in [0.4, 0.5) is 11.5 Å². The predicted molar refractivity (Wildman–Crippen MR) is 96.9 cm³/mol. The van der Waals surface area contributed by atoms with Crippen LogP contribution in [0.3, 0.4) is 0 Å². The van der Waals surface area contributed by atoms with Gasteiger partial charge in [0.05, 0.1) is 24.1 Å². The summed E-state index contributed by atoms with van der Waals surface area (Å²) in [5, 5.41) is 4.49. The quantitative estimate of drug-likeness (QED) is 0.772. The number of nitrogens with one attached hydrogen (secondary N) is 1. The Morgan fingerprint density at radius 3 is 3.00 bits per heavy atom. The number of benzene rings is 1. The van der Waals surface area contributed by atoms with Gasteiger partial charge in [-0.25, -0.2) is 4.98 Å². The van der Waals surface area contributed by atoms with E-state index in [1.54, 1.807) is 11.3 Å². The molecule has 0 saturated carbocycles. The maximum Gasteiger partial charge on any atom is 0.126 e. The number of nitrogen functional groups attached to an aromatic ring is 1. The summed E-state index contributed by atoms with van der Waals surface area (Å²) in [6.45, 7) is 1.45. The molecule has 0 fully saturated rings. The van der Waals surface area contributed by atoms with Gasteiger partial charge in [-0.2, -0.15) is 0 Å². The number of aliphatic imine (C=N–C) groups is 1. The third-order valence-corrected chi connectivity index (χ3v) is 4.56. The van der Waals surface area contributed by atoms with Crippen LogP contribution in [0, 0.1) is 0 Å². The van der Waals surface area contributed by atoms with E-state index in [1.165, 1.54) is 10.5 Å². The molecular formula is C17H15N5S. The van der Waals surface area contributed by atoms with Crippen LogP contribution in [0.1, 0.15) is 10.4 Å². The monoisotopic (exact) mass is 321 g/mol. The number of hydrogen-bond donors (Lipinski definition) is 2. The number of hydrogen-bond acceptors (Lipinski definition) is 6. The Bertz CT molecular complexity index is 912. The maximum atomic E-state index is 5.98. The number of anilines is 2. The third kappa shape index (κ3) is 2.80. The number of fused-ring (bicyclic) bond motifs is 1. The van der Waals surface area contributed by atoms with Gasteiger partial charge in [0.25, 0.3) is 0 Å². The van der Waals surface area contributed by atoms with E-state index in [9.17, 15) is 0 Å². The molecule has 1 aliphatic heterocycles.